The standard InChI is InChI=1S/C18H19ClF2N2O2/c1-10-6-16(17(25-3)8-13(10)19)23-18(24)9-22-11(2)12-4-5-14(20)15(21)7-12/h4-8,11,22H,9H2,1-3H3,(H,23,24). The maximum absolute atomic E-state index is 13.3. The molecule has 0 saturated heterocycles. The van der Waals surface area contributed by atoms with Crippen molar-refractivity contribution in [1.29, 1.82) is 0 Å². The van der Waals surface area contributed by atoms with Crippen molar-refractivity contribution in [2.75, 3.05) is 19.0 Å². The molecular formula is C18H19ClF2N2O2. The van der Waals surface area contributed by atoms with E-state index >= 15 is 0 Å². The predicted octanol–water partition coefficient (Wildman–Crippen LogP) is 4.22. The van der Waals surface area contributed by atoms with Crippen LogP contribution in [0.4, 0.5) is 14.5 Å². The van der Waals surface area contributed by atoms with Gasteiger partial charge in [-0.25, -0.2) is 8.78 Å². The van der Waals surface area contributed by atoms with Crippen LogP contribution < -0.4 is 15.4 Å². The predicted molar refractivity (Wildman–Crippen MR) is 94.1 cm³/mol. The summed E-state index contributed by atoms with van der Waals surface area (Å²) in [7, 11) is 1.49. The third-order valence-corrected chi connectivity index (χ3v) is 4.17. The number of rotatable bonds is 6. The molecule has 1 amide bonds. The molecule has 0 heterocycles. The van der Waals surface area contributed by atoms with Gasteiger partial charge in [-0.05, 0) is 43.2 Å². The van der Waals surface area contributed by atoms with Crippen LogP contribution in [0.3, 0.4) is 0 Å². The van der Waals surface area contributed by atoms with E-state index < -0.39 is 11.6 Å². The van der Waals surface area contributed by atoms with Crippen molar-refractivity contribution >= 4 is 23.2 Å². The Labute approximate surface area is 150 Å². The van der Waals surface area contributed by atoms with Gasteiger partial charge in [-0.2, -0.15) is 0 Å². The molecule has 7 heteroatoms. The average Bonchev–Trinajstić information content (AvgIpc) is 2.58. The molecule has 134 valence electrons. The minimum absolute atomic E-state index is 0.00894. The number of aryl methyl sites for hydroxylation is 1. The number of nitrogens with one attached hydrogen (secondary N) is 2. The number of anilines is 1. The van der Waals surface area contributed by atoms with E-state index in [2.05, 4.69) is 10.6 Å². The SMILES string of the molecule is COc1cc(Cl)c(C)cc1NC(=O)CNC(C)c1ccc(F)c(F)c1. The number of carbonyl (C=O) groups excluding carboxylic acids is 1. The second-order valence-electron chi connectivity index (χ2n) is 5.63. The van der Waals surface area contributed by atoms with E-state index in [0.29, 0.717) is 22.0 Å². The highest BCUT2D eigenvalue weighted by molar-refractivity contribution is 6.31. The summed E-state index contributed by atoms with van der Waals surface area (Å²) in [5.41, 5.74) is 1.86. The summed E-state index contributed by atoms with van der Waals surface area (Å²) in [5, 5.41) is 6.24. The summed E-state index contributed by atoms with van der Waals surface area (Å²) in [6.07, 6.45) is 0. The Balaban J connectivity index is 1.98. The number of ether oxygens (including phenoxy) is 1. The molecule has 0 aliphatic heterocycles. The van der Waals surface area contributed by atoms with Crippen LogP contribution in [0.1, 0.15) is 24.1 Å². The van der Waals surface area contributed by atoms with Crippen LogP contribution in [0.5, 0.6) is 5.75 Å². The summed E-state index contributed by atoms with van der Waals surface area (Å²) >= 11 is 6.03. The largest absolute Gasteiger partial charge is 0.495 e. The highest BCUT2D eigenvalue weighted by Crippen LogP contribution is 2.30. The second-order valence-corrected chi connectivity index (χ2v) is 6.03. The molecule has 2 N–H and O–H groups in total. The van der Waals surface area contributed by atoms with Gasteiger partial charge < -0.3 is 15.4 Å². The van der Waals surface area contributed by atoms with Crippen LogP contribution in [-0.4, -0.2) is 19.6 Å². The monoisotopic (exact) mass is 368 g/mol. The normalized spacial score (nSPS) is 11.9. The Hall–Kier alpha value is -2.18. The Morgan fingerprint density at radius 3 is 2.60 bits per heavy atom. The van der Waals surface area contributed by atoms with Crippen molar-refractivity contribution < 1.29 is 18.3 Å². The molecule has 0 aliphatic rings. The van der Waals surface area contributed by atoms with Gasteiger partial charge in [-0.1, -0.05) is 17.7 Å². The number of halogens is 3. The number of benzene rings is 2. The van der Waals surface area contributed by atoms with Crippen molar-refractivity contribution in [2.45, 2.75) is 19.9 Å². The fraction of sp³-hybridized carbons (Fsp3) is 0.278. The van der Waals surface area contributed by atoms with Crippen LogP contribution in [0.25, 0.3) is 0 Å². The number of carbonyl (C=O) groups is 1. The average molecular weight is 369 g/mol. The molecule has 1 atom stereocenters. The molecular weight excluding hydrogens is 350 g/mol. The summed E-state index contributed by atoms with van der Waals surface area (Å²) in [6.45, 7) is 3.57. The van der Waals surface area contributed by atoms with Gasteiger partial charge in [0, 0.05) is 17.1 Å². The van der Waals surface area contributed by atoms with Crippen LogP contribution in [0.2, 0.25) is 5.02 Å². The van der Waals surface area contributed by atoms with E-state index in [9.17, 15) is 13.6 Å². The molecule has 2 rings (SSSR count). The maximum atomic E-state index is 13.3. The molecule has 0 saturated carbocycles. The zero-order chi connectivity index (χ0) is 18.6. The molecule has 2 aromatic rings. The number of amides is 1. The van der Waals surface area contributed by atoms with E-state index in [1.54, 1.807) is 19.1 Å². The van der Waals surface area contributed by atoms with Crippen molar-refractivity contribution in [3.8, 4) is 5.75 Å². The lowest BCUT2D eigenvalue weighted by Crippen LogP contribution is -2.30. The van der Waals surface area contributed by atoms with Crippen LogP contribution in [0.15, 0.2) is 30.3 Å². The Morgan fingerprint density at radius 2 is 1.96 bits per heavy atom. The van der Waals surface area contributed by atoms with E-state index in [1.165, 1.54) is 13.2 Å². The minimum atomic E-state index is -0.919. The third kappa shape index (κ3) is 4.90. The zero-order valence-corrected chi connectivity index (χ0v) is 14.9. The van der Waals surface area contributed by atoms with Gasteiger partial charge in [-0.15, -0.1) is 0 Å². The Kier molecular flexibility index (Phi) is 6.33. The fourth-order valence-corrected chi connectivity index (χ4v) is 2.42. The van der Waals surface area contributed by atoms with E-state index in [4.69, 9.17) is 16.3 Å². The molecule has 1 unspecified atom stereocenters. The molecule has 4 nitrogen and oxygen atoms in total. The van der Waals surface area contributed by atoms with Crippen LogP contribution >= 0.6 is 11.6 Å². The summed E-state index contributed by atoms with van der Waals surface area (Å²) in [4.78, 5) is 12.1. The minimum Gasteiger partial charge on any atom is -0.495 e. The first-order valence-corrected chi connectivity index (χ1v) is 8.02. The quantitative estimate of drug-likeness (QED) is 0.802. The second kappa shape index (κ2) is 8.27. The van der Waals surface area contributed by atoms with Gasteiger partial charge in [0.2, 0.25) is 5.91 Å². The van der Waals surface area contributed by atoms with E-state index in [1.807, 2.05) is 6.92 Å². The fourth-order valence-electron chi connectivity index (χ4n) is 2.27. The lowest BCUT2D eigenvalue weighted by Gasteiger charge is -2.16. The first-order valence-electron chi connectivity index (χ1n) is 7.64. The van der Waals surface area contributed by atoms with E-state index in [0.717, 1.165) is 17.7 Å². The van der Waals surface area contributed by atoms with Crippen molar-refractivity contribution in [2.24, 2.45) is 0 Å². The zero-order valence-electron chi connectivity index (χ0n) is 14.1. The van der Waals surface area contributed by atoms with Gasteiger partial charge >= 0.3 is 0 Å². The lowest BCUT2D eigenvalue weighted by molar-refractivity contribution is -0.115. The summed E-state index contributed by atoms with van der Waals surface area (Å²) in [6, 6.07) is 6.66. The molecule has 0 aromatic heterocycles. The molecule has 0 spiro atoms. The van der Waals surface area contributed by atoms with Gasteiger partial charge in [-0.3, -0.25) is 4.79 Å². The molecule has 0 fully saturated rings. The highest BCUT2D eigenvalue weighted by Gasteiger charge is 2.13. The Bertz CT molecular complexity index is 784. The molecule has 0 aliphatic carbocycles. The number of hydrogen-bond donors (Lipinski definition) is 2. The van der Waals surface area contributed by atoms with Crippen molar-refractivity contribution in [3.63, 3.8) is 0 Å². The van der Waals surface area contributed by atoms with Crippen molar-refractivity contribution in [3.05, 3.63) is 58.1 Å². The van der Waals surface area contributed by atoms with Gasteiger partial charge in [0.05, 0.1) is 19.3 Å². The van der Waals surface area contributed by atoms with Gasteiger partial charge in [0.15, 0.2) is 11.6 Å². The first-order chi connectivity index (χ1) is 11.8. The smallest absolute Gasteiger partial charge is 0.238 e. The van der Waals surface area contributed by atoms with E-state index in [-0.39, 0.29) is 18.5 Å². The summed E-state index contributed by atoms with van der Waals surface area (Å²) < 4.78 is 31.4. The topological polar surface area (TPSA) is 50.4 Å². The molecule has 0 bridgehead atoms. The lowest BCUT2D eigenvalue weighted by atomic mass is 10.1. The van der Waals surface area contributed by atoms with Gasteiger partial charge in [0.25, 0.3) is 0 Å². The molecule has 2 aromatic carbocycles. The van der Waals surface area contributed by atoms with Crippen molar-refractivity contribution in [1.82, 2.24) is 5.32 Å². The first kappa shape index (κ1) is 19.1. The number of methoxy groups -OCH3 is 1. The molecule has 0 radical (unpaired) electrons. The van der Waals surface area contributed by atoms with Crippen LogP contribution in [-0.2, 0) is 4.79 Å². The molecule has 25 heavy (non-hydrogen) atoms. The third-order valence-electron chi connectivity index (χ3n) is 3.77. The number of hydrogen-bond acceptors (Lipinski definition) is 3. The Morgan fingerprint density at radius 1 is 1.24 bits per heavy atom. The highest BCUT2D eigenvalue weighted by atomic mass is 35.5. The van der Waals surface area contributed by atoms with Gasteiger partial charge in [0.1, 0.15) is 5.75 Å². The summed E-state index contributed by atoms with van der Waals surface area (Å²) in [5.74, 6) is -1.66. The maximum Gasteiger partial charge on any atom is 0.238 e. The van der Waals surface area contributed by atoms with Crippen LogP contribution in [0, 0.1) is 18.6 Å².